The van der Waals surface area contributed by atoms with E-state index in [2.05, 4.69) is 0 Å². The van der Waals surface area contributed by atoms with Gasteiger partial charge in [-0.25, -0.2) is 0 Å². The van der Waals surface area contributed by atoms with Crippen molar-refractivity contribution >= 4 is 11.7 Å². The molecule has 1 aromatic rings. The van der Waals surface area contributed by atoms with Gasteiger partial charge in [0.25, 0.3) is 0 Å². The number of hydrogen-bond acceptors (Lipinski definition) is 4. The van der Waals surface area contributed by atoms with Crippen LogP contribution in [0.25, 0.3) is 0 Å². The second-order valence-corrected chi connectivity index (χ2v) is 3.41. The van der Waals surface area contributed by atoms with E-state index in [4.69, 9.17) is 15.2 Å². The summed E-state index contributed by atoms with van der Waals surface area (Å²) < 4.78 is 9.72. The molecule has 0 heterocycles. The predicted molar refractivity (Wildman–Crippen MR) is 62.0 cm³/mol. The molecular weight excluding hydrogens is 206 g/mol. The normalized spacial score (nSPS) is 10.1. The highest BCUT2D eigenvalue weighted by molar-refractivity contribution is 5.70. The third-order valence-corrected chi connectivity index (χ3v) is 2.20. The molecule has 0 aliphatic carbocycles. The molecule has 0 bridgehead atoms. The Morgan fingerprint density at radius 2 is 2.06 bits per heavy atom. The maximum absolute atomic E-state index is 11.3. The van der Waals surface area contributed by atoms with Gasteiger partial charge in [-0.1, -0.05) is 18.2 Å². The fourth-order valence-corrected chi connectivity index (χ4v) is 1.31. The van der Waals surface area contributed by atoms with Crippen LogP contribution in [-0.2, 0) is 20.7 Å². The molecular formula is C12H17NO3. The van der Waals surface area contributed by atoms with Crippen LogP contribution in [-0.4, -0.2) is 26.3 Å². The van der Waals surface area contributed by atoms with Crippen molar-refractivity contribution in [2.24, 2.45) is 0 Å². The maximum atomic E-state index is 11.3. The molecule has 0 aliphatic heterocycles. The number of anilines is 1. The Kier molecular flexibility index (Phi) is 5.36. The van der Waals surface area contributed by atoms with Crippen molar-refractivity contribution in [3.05, 3.63) is 29.8 Å². The van der Waals surface area contributed by atoms with Crippen molar-refractivity contribution in [1.29, 1.82) is 0 Å². The number of benzene rings is 1. The van der Waals surface area contributed by atoms with Crippen molar-refractivity contribution < 1.29 is 14.3 Å². The molecule has 1 rings (SSSR count). The molecule has 0 saturated heterocycles. The monoisotopic (exact) mass is 223 g/mol. The summed E-state index contributed by atoms with van der Waals surface area (Å²) in [4.78, 5) is 11.3. The third kappa shape index (κ3) is 4.31. The molecule has 0 fully saturated rings. The van der Waals surface area contributed by atoms with Gasteiger partial charge in [0.05, 0.1) is 6.61 Å². The number of para-hydroxylation sites is 1. The first kappa shape index (κ1) is 12.5. The number of carbonyl (C=O) groups is 1. The molecule has 2 N–H and O–H groups in total. The van der Waals surface area contributed by atoms with Crippen molar-refractivity contribution in [3.8, 4) is 0 Å². The molecule has 88 valence electrons. The van der Waals surface area contributed by atoms with E-state index in [1.807, 2.05) is 24.3 Å². The summed E-state index contributed by atoms with van der Waals surface area (Å²) in [5.74, 6) is -0.222. The minimum absolute atomic E-state index is 0.222. The second kappa shape index (κ2) is 6.85. The Morgan fingerprint density at radius 3 is 2.75 bits per heavy atom. The summed E-state index contributed by atoms with van der Waals surface area (Å²) >= 11 is 0. The lowest BCUT2D eigenvalue weighted by Gasteiger charge is -2.05. The summed E-state index contributed by atoms with van der Waals surface area (Å²) in [5, 5.41) is 0. The smallest absolute Gasteiger partial charge is 0.306 e. The van der Waals surface area contributed by atoms with E-state index in [0.29, 0.717) is 31.7 Å². The molecule has 4 nitrogen and oxygen atoms in total. The molecule has 0 unspecified atom stereocenters. The van der Waals surface area contributed by atoms with Crippen LogP contribution in [0.2, 0.25) is 0 Å². The zero-order chi connectivity index (χ0) is 11.8. The molecule has 0 atom stereocenters. The summed E-state index contributed by atoms with van der Waals surface area (Å²) in [6.45, 7) is 0.735. The van der Waals surface area contributed by atoms with Gasteiger partial charge in [0.1, 0.15) is 6.61 Å². The lowest BCUT2D eigenvalue weighted by molar-refractivity contribution is -0.144. The topological polar surface area (TPSA) is 61.5 Å². The number of hydrogen-bond donors (Lipinski definition) is 1. The van der Waals surface area contributed by atoms with Crippen LogP contribution in [0.1, 0.15) is 12.0 Å². The van der Waals surface area contributed by atoms with E-state index in [1.54, 1.807) is 7.11 Å². The van der Waals surface area contributed by atoms with Crippen molar-refractivity contribution in [3.63, 3.8) is 0 Å². The molecule has 0 amide bonds. The van der Waals surface area contributed by atoms with Crippen LogP contribution < -0.4 is 5.73 Å². The quantitative estimate of drug-likeness (QED) is 0.450. The van der Waals surface area contributed by atoms with Crippen LogP contribution >= 0.6 is 0 Å². The predicted octanol–water partition coefficient (Wildman–Crippen LogP) is 1.39. The average Bonchev–Trinajstić information content (AvgIpc) is 2.28. The van der Waals surface area contributed by atoms with Gasteiger partial charge in [-0.15, -0.1) is 0 Å². The highest BCUT2D eigenvalue weighted by Crippen LogP contribution is 2.12. The molecule has 4 heteroatoms. The summed E-state index contributed by atoms with van der Waals surface area (Å²) in [6, 6.07) is 7.51. The minimum atomic E-state index is -0.222. The number of rotatable bonds is 6. The van der Waals surface area contributed by atoms with Gasteiger partial charge in [0, 0.05) is 19.2 Å². The Balaban J connectivity index is 2.29. The highest BCUT2D eigenvalue weighted by Gasteiger charge is 2.05. The minimum Gasteiger partial charge on any atom is -0.463 e. The van der Waals surface area contributed by atoms with E-state index in [9.17, 15) is 4.79 Å². The summed E-state index contributed by atoms with van der Waals surface area (Å²) in [5.41, 5.74) is 7.45. The fraction of sp³-hybridized carbons (Fsp3) is 0.417. The first-order chi connectivity index (χ1) is 7.74. The third-order valence-electron chi connectivity index (χ3n) is 2.20. The average molecular weight is 223 g/mol. The summed E-state index contributed by atoms with van der Waals surface area (Å²) in [6.07, 6.45) is 0.955. The van der Waals surface area contributed by atoms with E-state index < -0.39 is 0 Å². The number of aryl methyl sites for hydroxylation is 1. The number of esters is 1. The van der Waals surface area contributed by atoms with Gasteiger partial charge in [-0.3, -0.25) is 4.79 Å². The number of methoxy groups -OCH3 is 1. The largest absolute Gasteiger partial charge is 0.463 e. The molecule has 16 heavy (non-hydrogen) atoms. The van der Waals surface area contributed by atoms with Gasteiger partial charge < -0.3 is 15.2 Å². The number of carbonyl (C=O) groups excluding carboxylic acids is 1. The number of nitrogens with two attached hydrogens (primary N) is 1. The molecule has 0 saturated carbocycles. The van der Waals surface area contributed by atoms with Crippen LogP contribution in [0.5, 0.6) is 0 Å². The van der Waals surface area contributed by atoms with E-state index >= 15 is 0 Å². The first-order valence-electron chi connectivity index (χ1n) is 5.22. The lowest BCUT2D eigenvalue weighted by Crippen LogP contribution is -2.10. The van der Waals surface area contributed by atoms with Crippen molar-refractivity contribution in [2.45, 2.75) is 12.8 Å². The zero-order valence-corrected chi connectivity index (χ0v) is 9.44. The highest BCUT2D eigenvalue weighted by atomic mass is 16.6. The van der Waals surface area contributed by atoms with Crippen LogP contribution in [0.3, 0.4) is 0 Å². The zero-order valence-electron chi connectivity index (χ0n) is 9.44. The molecule has 0 aromatic heterocycles. The van der Waals surface area contributed by atoms with Crippen LogP contribution in [0.15, 0.2) is 24.3 Å². The van der Waals surface area contributed by atoms with E-state index in [0.717, 1.165) is 5.56 Å². The van der Waals surface area contributed by atoms with Gasteiger partial charge in [-0.2, -0.15) is 0 Å². The van der Waals surface area contributed by atoms with E-state index in [-0.39, 0.29) is 5.97 Å². The van der Waals surface area contributed by atoms with Gasteiger partial charge in [0.2, 0.25) is 0 Å². The fourth-order valence-electron chi connectivity index (χ4n) is 1.31. The molecule has 0 aliphatic rings. The van der Waals surface area contributed by atoms with Crippen molar-refractivity contribution in [1.82, 2.24) is 0 Å². The lowest BCUT2D eigenvalue weighted by atomic mass is 10.1. The van der Waals surface area contributed by atoms with E-state index in [1.165, 1.54) is 0 Å². The Labute approximate surface area is 95.3 Å². The molecule has 1 aromatic carbocycles. The summed E-state index contributed by atoms with van der Waals surface area (Å²) in [7, 11) is 1.57. The Bertz CT molecular complexity index is 339. The van der Waals surface area contributed by atoms with Crippen molar-refractivity contribution in [2.75, 3.05) is 26.1 Å². The van der Waals surface area contributed by atoms with Gasteiger partial charge in [0.15, 0.2) is 0 Å². The molecule has 0 radical (unpaired) electrons. The number of nitrogen functional groups attached to an aromatic ring is 1. The number of ether oxygens (including phenoxy) is 2. The SMILES string of the molecule is COCCOC(=O)CCc1ccccc1N. The molecule has 0 spiro atoms. The Hall–Kier alpha value is -1.55. The maximum Gasteiger partial charge on any atom is 0.306 e. The Morgan fingerprint density at radius 1 is 1.31 bits per heavy atom. The standard InChI is InChI=1S/C12H17NO3/c1-15-8-9-16-12(14)7-6-10-4-2-3-5-11(10)13/h2-5H,6-9,13H2,1H3. The first-order valence-corrected chi connectivity index (χ1v) is 5.22. The second-order valence-electron chi connectivity index (χ2n) is 3.41. The van der Waals surface area contributed by atoms with Crippen LogP contribution in [0.4, 0.5) is 5.69 Å². The van der Waals surface area contributed by atoms with Gasteiger partial charge >= 0.3 is 5.97 Å². The van der Waals surface area contributed by atoms with Crippen LogP contribution in [0, 0.1) is 0 Å². The van der Waals surface area contributed by atoms with Gasteiger partial charge in [-0.05, 0) is 18.1 Å².